The monoisotopic (exact) mass is 549 g/mol. The van der Waals surface area contributed by atoms with Crippen molar-refractivity contribution in [3.05, 3.63) is 63.0 Å². The molecule has 2 aliphatic rings. The van der Waals surface area contributed by atoms with Crippen molar-refractivity contribution in [1.29, 1.82) is 0 Å². The molecule has 1 aromatic carbocycles. The molecule has 168 valence electrons. The van der Waals surface area contributed by atoms with Gasteiger partial charge >= 0.3 is 0 Å². The van der Waals surface area contributed by atoms with Crippen molar-refractivity contribution in [2.75, 3.05) is 12.3 Å². The highest BCUT2D eigenvalue weighted by molar-refractivity contribution is 14.1. The van der Waals surface area contributed by atoms with E-state index < -0.39 is 18.0 Å². The van der Waals surface area contributed by atoms with Crippen LogP contribution in [0.5, 0.6) is 5.75 Å². The number of nitrogens with zero attached hydrogens (tertiary/aromatic N) is 2. The van der Waals surface area contributed by atoms with Gasteiger partial charge in [-0.1, -0.05) is 19.1 Å². The molecule has 8 nitrogen and oxygen atoms in total. The minimum absolute atomic E-state index is 0.0209. The maximum atomic E-state index is 12.4. The molecule has 1 saturated heterocycles. The van der Waals surface area contributed by atoms with Crippen molar-refractivity contribution in [2.45, 2.75) is 32.5 Å². The van der Waals surface area contributed by atoms with Crippen molar-refractivity contribution in [2.24, 2.45) is 11.8 Å². The van der Waals surface area contributed by atoms with E-state index in [2.05, 4.69) is 22.6 Å². The molecular weight excluding hydrogens is 525 g/mol. The molecule has 32 heavy (non-hydrogen) atoms. The predicted molar refractivity (Wildman–Crippen MR) is 122 cm³/mol. The second kappa shape index (κ2) is 8.70. The molecule has 0 saturated carbocycles. The van der Waals surface area contributed by atoms with E-state index in [1.807, 2.05) is 54.1 Å². The van der Waals surface area contributed by atoms with Crippen LogP contribution in [0.25, 0.3) is 0 Å². The number of amides is 1. The molecular formula is C23H24IN3O5. The Balaban J connectivity index is 1.51. The molecule has 0 bridgehead atoms. The van der Waals surface area contributed by atoms with Crippen LogP contribution in [0.3, 0.4) is 0 Å². The number of carbonyl (C=O) groups excluding carboxylic acids is 2. The van der Waals surface area contributed by atoms with Crippen LogP contribution in [-0.4, -0.2) is 40.6 Å². The molecule has 2 aromatic rings. The summed E-state index contributed by atoms with van der Waals surface area (Å²) in [6.45, 7) is 4.03. The lowest BCUT2D eigenvalue weighted by atomic mass is 9.78. The molecule has 2 aliphatic heterocycles. The average molecular weight is 549 g/mol. The zero-order valence-corrected chi connectivity index (χ0v) is 19.9. The Morgan fingerprint density at radius 2 is 2.12 bits per heavy atom. The van der Waals surface area contributed by atoms with Crippen molar-refractivity contribution in [3.8, 4) is 5.75 Å². The van der Waals surface area contributed by atoms with Crippen LogP contribution >= 0.6 is 22.6 Å². The maximum Gasteiger partial charge on any atom is 0.272 e. The summed E-state index contributed by atoms with van der Waals surface area (Å²) in [5.74, 6) is -1.38. The molecule has 9 heteroatoms. The molecule has 1 aromatic heterocycles. The van der Waals surface area contributed by atoms with Gasteiger partial charge < -0.3 is 24.6 Å². The Bertz CT molecular complexity index is 1120. The molecule has 1 fully saturated rings. The van der Waals surface area contributed by atoms with Crippen LogP contribution in [0.1, 0.15) is 19.4 Å². The number of rotatable bonds is 7. The number of hydrogen-bond acceptors (Lipinski definition) is 6. The van der Waals surface area contributed by atoms with E-state index >= 15 is 0 Å². The number of hydrogen-bond donors (Lipinski definition) is 2. The zero-order chi connectivity index (χ0) is 23.2. The van der Waals surface area contributed by atoms with Gasteiger partial charge in [-0.05, 0) is 58.9 Å². The number of carboxylic acids is 1. The fourth-order valence-electron chi connectivity index (χ4n) is 4.57. The van der Waals surface area contributed by atoms with E-state index in [0.29, 0.717) is 23.7 Å². The highest BCUT2D eigenvalue weighted by atomic mass is 127. The van der Waals surface area contributed by atoms with Gasteiger partial charge in [-0.15, -0.1) is 0 Å². The summed E-state index contributed by atoms with van der Waals surface area (Å²) >= 11 is 2.18. The molecule has 0 spiro atoms. The second-order valence-corrected chi connectivity index (χ2v) is 9.38. The molecule has 3 heterocycles. The third-order valence-corrected chi connectivity index (χ3v) is 7.06. The number of benzene rings is 1. The van der Waals surface area contributed by atoms with Gasteiger partial charge in [0.05, 0.1) is 39.5 Å². The van der Waals surface area contributed by atoms with Gasteiger partial charge in [-0.3, -0.25) is 10.5 Å². The molecule has 0 radical (unpaired) electrons. The average Bonchev–Trinajstić information content (AvgIpc) is 2.97. The molecule has 4 atom stereocenters. The van der Waals surface area contributed by atoms with Gasteiger partial charge in [-0.2, -0.15) is 0 Å². The Kier molecular flexibility index (Phi) is 6.13. The largest absolute Gasteiger partial charge is 0.543 e. The lowest BCUT2D eigenvalue weighted by molar-refractivity contribution is -0.674. The summed E-state index contributed by atoms with van der Waals surface area (Å²) in [6, 6.07) is 11.0. The lowest BCUT2D eigenvalue weighted by Crippen LogP contribution is -2.64. The molecule has 3 N–H and O–H groups in total. The highest BCUT2D eigenvalue weighted by Gasteiger charge is 2.58. The van der Waals surface area contributed by atoms with Gasteiger partial charge in [0.25, 0.3) is 5.82 Å². The first-order valence-electron chi connectivity index (χ1n) is 10.3. The molecule has 1 amide bonds. The number of aliphatic hydroxyl groups is 1. The quantitative estimate of drug-likeness (QED) is 0.294. The Labute approximate surface area is 199 Å². The summed E-state index contributed by atoms with van der Waals surface area (Å²) in [4.78, 5) is 25.5. The van der Waals surface area contributed by atoms with E-state index in [1.165, 1.54) is 4.90 Å². The van der Waals surface area contributed by atoms with E-state index in [-0.39, 0.29) is 30.2 Å². The van der Waals surface area contributed by atoms with E-state index in [1.54, 1.807) is 6.92 Å². The maximum absolute atomic E-state index is 12.4. The van der Waals surface area contributed by atoms with Crippen LogP contribution in [0.2, 0.25) is 0 Å². The number of anilines is 1. The number of pyridine rings is 1. The number of carbonyl (C=O) groups is 2. The third-order valence-electron chi connectivity index (χ3n) is 6.22. The SMILES string of the molecule is C[C@@H](O)[C@H]1C(=O)N2C(C(=O)[O-])=C(COc3ccc(C[n+]4ccccc4N)cc3I)[C@H](C)[C@H]12. The fraction of sp³-hybridized carbons (Fsp3) is 0.348. The first-order chi connectivity index (χ1) is 15.2. The van der Waals surface area contributed by atoms with Crippen molar-refractivity contribution >= 4 is 40.3 Å². The predicted octanol–water partition coefficient (Wildman–Crippen LogP) is 0.450. The first kappa shape index (κ1) is 22.5. The Morgan fingerprint density at radius 1 is 1.38 bits per heavy atom. The molecule has 4 rings (SSSR count). The zero-order valence-electron chi connectivity index (χ0n) is 17.7. The number of aromatic nitrogens is 1. The standard InChI is InChI=1S/C23H24IN3O5/c1-12-15(21(23(30)31)27-20(12)19(13(2)28)22(27)29)11-32-17-7-6-14(9-16(17)24)10-26-8-4-3-5-18(26)25/h3-9,12-13,19-20,25,28H,10-11H2,1-2H3,(H,30,31)/t12-,13+,19+,20+/m0/s1. The highest BCUT2D eigenvalue weighted by Crippen LogP contribution is 2.47. The summed E-state index contributed by atoms with van der Waals surface area (Å²) < 4.78 is 8.77. The van der Waals surface area contributed by atoms with E-state index in [0.717, 1.165) is 9.13 Å². The number of aliphatic hydroxyl groups excluding tert-OH is 1. The van der Waals surface area contributed by atoms with Crippen molar-refractivity contribution < 1.29 is 29.1 Å². The van der Waals surface area contributed by atoms with E-state index in [4.69, 9.17) is 10.5 Å². The van der Waals surface area contributed by atoms with Crippen molar-refractivity contribution in [1.82, 2.24) is 4.90 Å². The fourth-order valence-corrected chi connectivity index (χ4v) is 5.30. The summed E-state index contributed by atoms with van der Waals surface area (Å²) in [5.41, 5.74) is 7.42. The molecule has 0 unspecified atom stereocenters. The van der Waals surface area contributed by atoms with Crippen LogP contribution in [0.4, 0.5) is 5.82 Å². The number of ether oxygens (including phenoxy) is 1. The van der Waals surface area contributed by atoms with Crippen LogP contribution in [-0.2, 0) is 16.1 Å². The van der Waals surface area contributed by atoms with Crippen LogP contribution < -0.4 is 20.1 Å². The molecule has 0 aliphatic carbocycles. The Morgan fingerprint density at radius 3 is 2.75 bits per heavy atom. The van der Waals surface area contributed by atoms with Crippen LogP contribution in [0.15, 0.2) is 53.9 Å². The number of halogens is 1. The van der Waals surface area contributed by atoms with Gasteiger partial charge in [-0.25, -0.2) is 4.57 Å². The number of aliphatic carboxylic acids is 1. The summed E-state index contributed by atoms with van der Waals surface area (Å²) in [5, 5.41) is 21.7. The number of fused-ring (bicyclic) bond motifs is 1. The third kappa shape index (κ3) is 3.83. The summed E-state index contributed by atoms with van der Waals surface area (Å²) in [7, 11) is 0. The topological polar surface area (TPSA) is 120 Å². The first-order valence-corrected chi connectivity index (χ1v) is 11.4. The van der Waals surface area contributed by atoms with Gasteiger partial charge in [0.1, 0.15) is 18.9 Å². The van der Waals surface area contributed by atoms with E-state index in [9.17, 15) is 19.8 Å². The number of β-lactam (4-membered cyclic amide) rings is 1. The minimum atomic E-state index is -1.40. The lowest BCUT2D eigenvalue weighted by Gasteiger charge is -2.47. The second-order valence-electron chi connectivity index (χ2n) is 8.22. The Hall–Kier alpha value is -2.66. The van der Waals surface area contributed by atoms with Gasteiger partial charge in [0.2, 0.25) is 5.91 Å². The van der Waals surface area contributed by atoms with Gasteiger partial charge in [0, 0.05) is 12.0 Å². The van der Waals surface area contributed by atoms with Crippen molar-refractivity contribution in [3.63, 3.8) is 0 Å². The van der Waals surface area contributed by atoms with Gasteiger partial charge in [0.15, 0.2) is 0 Å². The number of nitrogens with two attached hydrogens (primary N) is 1. The summed E-state index contributed by atoms with van der Waals surface area (Å²) in [6.07, 6.45) is 1.06. The number of nitrogen functional groups attached to an aromatic ring is 1. The van der Waals surface area contributed by atoms with Crippen LogP contribution in [0, 0.1) is 15.4 Å². The normalized spacial score (nSPS) is 23.1. The smallest absolute Gasteiger partial charge is 0.272 e. The number of carboxylic acid groups (broad SMARTS) is 1. The minimum Gasteiger partial charge on any atom is -0.543 e.